The molecule has 0 aliphatic rings. The highest BCUT2D eigenvalue weighted by Gasteiger charge is 2.14. The first-order chi connectivity index (χ1) is 10.2. The highest BCUT2D eigenvalue weighted by Crippen LogP contribution is 2.23. The molecule has 0 aliphatic carbocycles. The third kappa shape index (κ3) is 2.72. The molecule has 0 atom stereocenters. The minimum absolute atomic E-state index is 0.0781. The smallest absolute Gasteiger partial charge is 0.169 e. The number of para-hydroxylation sites is 1. The topological polar surface area (TPSA) is 30.0 Å². The lowest BCUT2D eigenvalue weighted by molar-refractivity contribution is 0.0994. The van der Waals surface area contributed by atoms with Crippen LogP contribution in [-0.2, 0) is 6.42 Å². The maximum atomic E-state index is 13.5. The quantitative estimate of drug-likeness (QED) is 0.652. The van der Waals surface area contributed by atoms with Gasteiger partial charge in [0.25, 0.3) is 0 Å². The summed E-state index contributed by atoms with van der Waals surface area (Å²) in [6, 6.07) is 13.9. The summed E-state index contributed by atoms with van der Waals surface area (Å²) < 4.78 is 13.9. The molecule has 0 unspecified atom stereocenters. The van der Waals surface area contributed by atoms with Crippen LogP contribution in [0.4, 0.5) is 4.39 Å². The minimum atomic E-state index is -0.364. The SMILES string of the molecule is O=C(Cc1cccc(F)c1Br)c1cccc2cccnc12. The second kappa shape index (κ2) is 5.74. The molecule has 1 aromatic heterocycles. The predicted octanol–water partition coefficient (Wildman–Crippen LogP) is 4.56. The zero-order chi connectivity index (χ0) is 14.8. The first kappa shape index (κ1) is 13.9. The van der Waals surface area contributed by atoms with Crippen LogP contribution < -0.4 is 0 Å². The molecule has 21 heavy (non-hydrogen) atoms. The fraction of sp³-hybridized carbons (Fsp3) is 0.0588. The molecule has 0 saturated heterocycles. The minimum Gasteiger partial charge on any atom is -0.294 e. The van der Waals surface area contributed by atoms with Gasteiger partial charge in [-0.15, -0.1) is 0 Å². The lowest BCUT2D eigenvalue weighted by Gasteiger charge is -2.07. The van der Waals surface area contributed by atoms with Gasteiger partial charge in [-0.3, -0.25) is 9.78 Å². The average molecular weight is 344 g/mol. The summed E-state index contributed by atoms with van der Waals surface area (Å²) in [5, 5.41) is 0.918. The molecule has 2 nitrogen and oxygen atoms in total. The predicted molar refractivity (Wildman–Crippen MR) is 83.9 cm³/mol. The van der Waals surface area contributed by atoms with E-state index >= 15 is 0 Å². The molecule has 0 fully saturated rings. The summed E-state index contributed by atoms with van der Waals surface area (Å²) >= 11 is 3.19. The van der Waals surface area contributed by atoms with Gasteiger partial charge in [-0.2, -0.15) is 0 Å². The van der Waals surface area contributed by atoms with E-state index in [0.717, 1.165) is 5.39 Å². The van der Waals surface area contributed by atoms with Gasteiger partial charge in [0.1, 0.15) is 5.82 Å². The van der Waals surface area contributed by atoms with Gasteiger partial charge >= 0.3 is 0 Å². The largest absolute Gasteiger partial charge is 0.294 e. The number of pyridine rings is 1. The fourth-order valence-electron chi connectivity index (χ4n) is 2.28. The van der Waals surface area contributed by atoms with Crippen molar-refractivity contribution in [3.05, 3.63) is 76.1 Å². The van der Waals surface area contributed by atoms with Crippen LogP contribution in [0.25, 0.3) is 10.9 Å². The van der Waals surface area contributed by atoms with E-state index in [1.54, 1.807) is 24.4 Å². The first-order valence-electron chi connectivity index (χ1n) is 6.46. The van der Waals surface area contributed by atoms with E-state index in [0.29, 0.717) is 21.1 Å². The normalized spacial score (nSPS) is 10.8. The van der Waals surface area contributed by atoms with Crippen LogP contribution in [0.1, 0.15) is 15.9 Å². The number of benzene rings is 2. The third-order valence-electron chi connectivity index (χ3n) is 3.32. The van der Waals surface area contributed by atoms with E-state index in [9.17, 15) is 9.18 Å². The molecule has 2 aromatic carbocycles. The van der Waals surface area contributed by atoms with Gasteiger partial charge in [0.05, 0.1) is 9.99 Å². The number of hydrogen-bond acceptors (Lipinski definition) is 2. The van der Waals surface area contributed by atoms with E-state index in [4.69, 9.17) is 0 Å². The molecule has 3 aromatic rings. The third-order valence-corrected chi connectivity index (χ3v) is 4.20. The number of Topliss-reactive ketones (excluding diaryl/α,β-unsaturated/α-hetero) is 1. The maximum Gasteiger partial charge on any atom is 0.169 e. The summed E-state index contributed by atoms with van der Waals surface area (Å²) in [6.07, 6.45) is 1.80. The van der Waals surface area contributed by atoms with Crippen LogP contribution >= 0.6 is 15.9 Å². The van der Waals surface area contributed by atoms with Gasteiger partial charge in [0.15, 0.2) is 5.78 Å². The van der Waals surface area contributed by atoms with Crippen molar-refractivity contribution in [2.45, 2.75) is 6.42 Å². The van der Waals surface area contributed by atoms with Crippen LogP contribution in [0.2, 0.25) is 0 Å². The van der Waals surface area contributed by atoms with Crippen molar-refractivity contribution in [3.63, 3.8) is 0 Å². The van der Waals surface area contributed by atoms with Crippen LogP contribution in [0.15, 0.2) is 59.2 Å². The van der Waals surface area contributed by atoms with Crippen molar-refractivity contribution in [1.29, 1.82) is 0 Å². The van der Waals surface area contributed by atoms with Gasteiger partial charge in [-0.1, -0.05) is 30.3 Å². The molecule has 3 rings (SSSR count). The monoisotopic (exact) mass is 343 g/mol. The molecular weight excluding hydrogens is 333 g/mol. The molecule has 0 spiro atoms. The van der Waals surface area contributed by atoms with Crippen molar-refractivity contribution in [2.75, 3.05) is 0 Å². The van der Waals surface area contributed by atoms with E-state index in [2.05, 4.69) is 20.9 Å². The number of halogens is 2. The Labute approximate surface area is 129 Å². The van der Waals surface area contributed by atoms with Crippen molar-refractivity contribution in [3.8, 4) is 0 Å². The summed E-state index contributed by atoms with van der Waals surface area (Å²) in [7, 11) is 0. The van der Waals surface area contributed by atoms with Gasteiger partial charge in [-0.25, -0.2) is 4.39 Å². The number of ketones is 1. The Morgan fingerprint density at radius 1 is 1.10 bits per heavy atom. The Morgan fingerprint density at radius 2 is 1.86 bits per heavy atom. The zero-order valence-electron chi connectivity index (χ0n) is 11.0. The lowest BCUT2D eigenvalue weighted by atomic mass is 10.0. The van der Waals surface area contributed by atoms with E-state index < -0.39 is 0 Å². The number of aromatic nitrogens is 1. The van der Waals surface area contributed by atoms with Crippen molar-refractivity contribution in [1.82, 2.24) is 4.98 Å². The molecule has 0 amide bonds. The first-order valence-corrected chi connectivity index (χ1v) is 7.26. The van der Waals surface area contributed by atoms with Crippen LogP contribution in [0.5, 0.6) is 0 Å². The fourth-order valence-corrected chi connectivity index (χ4v) is 2.69. The van der Waals surface area contributed by atoms with E-state index in [1.807, 2.05) is 24.3 Å². The zero-order valence-corrected chi connectivity index (χ0v) is 12.6. The molecule has 0 N–H and O–H groups in total. The molecular formula is C17H11BrFNO. The van der Waals surface area contributed by atoms with Crippen molar-refractivity contribution in [2.24, 2.45) is 0 Å². The maximum absolute atomic E-state index is 13.5. The van der Waals surface area contributed by atoms with Gasteiger partial charge in [-0.05, 0) is 39.7 Å². The van der Waals surface area contributed by atoms with Gasteiger partial charge in [0.2, 0.25) is 0 Å². The molecule has 104 valence electrons. The Bertz CT molecular complexity index is 827. The average Bonchev–Trinajstić information content (AvgIpc) is 2.51. The van der Waals surface area contributed by atoms with E-state index in [1.165, 1.54) is 6.07 Å². The van der Waals surface area contributed by atoms with Crippen molar-refractivity contribution >= 4 is 32.6 Å². The summed E-state index contributed by atoms with van der Waals surface area (Å²) in [5.41, 5.74) is 1.87. The number of fused-ring (bicyclic) bond motifs is 1. The number of nitrogens with zero attached hydrogens (tertiary/aromatic N) is 1. The van der Waals surface area contributed by atoms with Crippen LogP contribution in [0.3, 0.4) is 0 Å². The highest BCUT2D eigenvalue weighted by molar-refractivity contribution is 9.10. The standard InChI is InChI=1S/C17H11BrFNO/c18-16-12(5-2-8-14(16)19)10-15(21)13-7-1-4-11-6-3-9-20-17(11)13/h1-9H,10H2. The summed E-state index contributed by atoms with van der Waals surface area (Å²) in [4.78, 5) is 16.8. The lowest BCUT2D eigenvalue weighted by Crippen LogP contribution is -2.06. The second-order valence-electron chi connectivity index (χ2n) is 4.69. The van der Waals surface area contributed by atoms with E-state index in [-0.39, 0.29) is 18.0 Å². The Morgan fingerprint density at radius 3 is 2.71 bits per heavy atom. The molecule has 4 heteroatoms. The van der Waals surface area contributed by atoms with Crippen LogP contribution in [0, 0.1) is 5.82 Å². The molecule has 0 bridgehead atoms. The summed E-state index contributed by atoms with van der Waals surface area (Å²) in [5.74, 6) is -0.443. The second-order valence-corrected chi connectivity index (χ2v) is 5.49. The summed E-state index contributed by atoms with van der Waals surface area (Å²) in [6.45, 7) is 0. The number of carbonyl (C=O) groups excluding carboxylic acids is 1. The molecule has 0 aliphatic heterocycles. The molecule has 1 heterocycles. The molecule has 0 saturated carbocycles. The number of hydrogen-bond donors (Lipinski definition) is 0. The van der Waals surface area contributed by atoms with Gasteiger partial charge in [0, 0.05) is 23.6 Å². The molecule has 0 radical (unpaired) electrons. The number of rotatable bonds is 3. The van der Waals surface area contributed by atoms with Crippen LogP contribution in [-0.4, -0.2) is 10.8 Å². The Balaban J connectivity index is 2.00. The van der Waals surface area contributed by atoms with Crippen molar-refractivity contribution < 1.29 is 9.18 Å². The van der Waals surface area contributed by atoms with Gasteiger partial charge < -0.3 is 0 Å². The number of carbonyl (C=O) groups is 1. The highest BCUT2D eigenvalue weighted by atomic mass is 79.9. The Kier molecular flexibility index (Phi) is 3.80. The Hall–Kier alpha value is -2.07.